The first-order valence-corrected chi connectivity index (χ1v) is 7.28. The molecule has 8 heteroatoms. The van der Waals surface area contributed by atoms with Crippen LogP contribution in [0.15, 0.2) is 42.7 Å². The van der Waals surface area contributed by atoms with Crippen molar-refractivity contribution in [1.29, 1.82) is 0 Å². The Bertz CT molecular complexity index is 847. The number of tetrazole rings is 1. The fourth-order valence-electron chi connectivity index (χ4n) is 2.16. The number of anilines is 1. The van der Waals surface area contributed by atoms with E-state index in [1.807, 2.05) is 19.1 Å². The van der Waals surface area contributed by atoms with E-state index < -0.39 is 0 Å². The van der Waals surface area contributed by atoms with E-state index in [4.69, 9.17) is 4.74 Å². The molecule has 0 saturated heterocycles. The minimum absolute atomic E-state index is 0.0464. The first-order valence-electron chi connectivity index (χ1n) is 7.28. The highest BCUT2D eigenvalue weighted by molar-refractivity contribution is 5.92. The molecular formula is C16H16N6O2. The van der Waals surface area contributed by atoms with Crippen LogP contribution in [0.25, 0.3) is 11.4 Å². The fourth-order valence-corrected chi connectivity index (χ4v) is 2.16. The Balaban J connectivity index is 1.70. The lowest BCUT2D eigenvalue weighted by Gasteiger charge is -2.10. The van der Waals surface area contributed by atoms with Crippen LogP contribution in [-0.4, -0.2) is 38.2 Å². The molecule has 2 aromatic heterocycles. The van der Waals surface area contributed by atoms with Crippen LogP contribution in [0.1, 0.15) is 5.56 Å². The zero-order valence-corrected chi connectivity index (χ0v) is 13.3. The molecule has 0 spiro atoms. The van der Waals surface area contributed by atoms with Gasteiger partial charge in [0.2, 0.25) is 11.7 Å². The Labute approximate surface area is 138 Å². The van der Waals surface area contributed by atoms with Gasteiger partial charge in [0.05, 0.1) is 12.8 Å². The second-order valence-corrected chi connectivity index (χ2v) is 5.13. The maximum Gasteiger partial charge on any atom is 0.248 e. The molecular weight excluding hydrogens is 308 g/mol. The summed E-state index contributed by atoms with van der Waals surface area (Å²) in [4.78, 5) is 17.4. The van der Waals surface area contributed by atoms with Gasteiger partial charge in [-0.15, -0.1) is 10.2 Å². The normalized spacial score (nSPS) is 10.4. The van der Waals surface area contributed by atoms with Crippen molar-refractivity contribution in [2.45, 2.75) is 13.5 Å². The summed E-state index contributed by atoms with van der Waals surface area (Å²) in [6.07, 6.45) is 3.29. The highest BCUT2D eigenvalue weighted by atomic mass is 16.5. The van der Waals surface area contributed by atoms with Crippen LogP contribution in [0.2, 0.25) is 0 Å². The van der Waals surface area contributed by atoms with Crippen molar-refractivity contribution in [2.75, 3.05) is 12.4 Å². The molecule has 0 bridgehead atoms. The summed E-state index contributed by atoms with van der Waals surface area (Å²) in [5.41, 5.74) is 2.42. The summed E-state index contributed by atoms with van der Waals surface area (Å²) < 4.78 is 5.24. The number of carbonyl (C=O) groups excluding carboxylic acids is 1. The molecule has 0 aliphatic heterocycles. The molecule has 2 heterocycles. The number of pyridine rings is 1. The van der Waals surface area contributed by atoms with E-state index in [0.717, 1.165) is 11.1 Å². The first kappa shape index (κ1) is 15.6. The Morgan fingerprint density at radius 1 is 1.25 bits per heavy atom. The number of ether oxygens (including phenoxy) is 1. The Kier molecular flexibility index (Phi) is 4.46. The smallest absolute Gasteiger partial charge is 0.248 e. The van der Waals surface area contributed by atoms with Crippen molar-refractivity contribution in [1.82, 2.24) is 25.2 Å². The molecule has 0 aliphatic rings. The maximum atomic E-state index is 12.2. The van der Waals surface area contributed by atoms with Crippen LogP contribution < -0.4 is 10.1 Å². The van der Waals surface area contributed by atoms with E-state index in [2.05, 4.69) is 25.7 Å². The van der Waals surface area contributed by atoms with Crippen molar-refractivity contribution < 1.29 is 9.53 Å². The highest BCUT2D eigenvalue weighted by Crippen LogP contribution is 2.25. The van der Waals surface area contributed by atoms with Crippen molar-refractivity contribution in [2.24, 2.45) is 0 Å². The average Bonchev–Trinajstić information content (AvgIpc) is 3.04. The molecule has 3 aromatic rings. The molecule has 24 heavy (non-hydrogen) atoms. The largest absolute Gasteiger partial charge is 0.495 e. The van der Waals surface area contributed by atoms with Gasteiger partial charge in [0.25, 0.3) is 0 Å². The lowest BCUT2D eigenvalue weighted by Crippen LogP contribution is -2.20. The topological polar surface area (TPSA) is 94.8 Å². The molecule has 0 unspecified atom stereocenters. The number of hydrogen-bond acceptors (Lipinski definition) is 6. The third kappa shape index (κ3) is 3.54. The lowest BCUT2D eigenvalue weighted by molar-refractivity contribution is -0.117. The molecule has 1 N–H and O–H groups in total. The van der Waals surface area contributed by atoms with Crippen LogP contribution >= 0.6 is 0 Å². The maximum absolute atomic E-state index is 12.2. The molecule has 1 amide bonds. The van der Waals surface area contributed by atoms with Crippen LogP contribution in [-0.2, 0) is 11.3 Å². The molecule has 8 nitrogen and oxygen atoms in total. The van der Waals surface area contributed by atoms with Crippen molar-refractivity contribution in [3.8, 4) is 17.1 Å². The van der Waals surface area contributed by atoms with Crippen LogP contribution in [0.5, 0.6) is 5.75 Å². The highest BCUT2D eigenvalue weighted by Gasteiger charge is 2.11. The third-order valence-electron chi connectivity index (χ3n) is 3.31. The van der Waals surface area contributed by atoms with Gasteiger partial charge >= 0.3 is 0 Å². The van der Waals surface area contributed by atoms with Gasteiger partial charge in [0, 0.05) is 18.0 Å². The summed E-state index contributed by atoms with van der Waals surface area (Å²) in [6, 6.07) is 9.11. The molecule has 0 aliphatic carbocycles. The second-order valence-electron chi connectivity index (χ2n) is 5.13. The minimum Gasteiger partial charge on any atom is -0.495 e. The Morgan fingerprint density at radius 2 is 2.04 bits per heavy atom. The van der Waals surface area contributed by atoms with Crippen molar-refractivity contribution in [3.63, 3.8) is 0 Å². The van der Waals surface area contributed by atoms with Gasteiger partial charge in [-0.2, -0.15) is 4.80 Å². The van der Waals surface area contributed by atoms with Crippen molar-refractivity contribution in [3.05, 3.63) is 48.3 Å². The average molecular weight is 324 g/mol. The lowest BCUT2D eigenvalue weighted by atomic mass is 10.2. The van der Waals surface area contributed by atoms with Gasteiger partial charge < -0.3 is 10.1 Å². The number of aromatic nitrogens is 5. The summed E-state index contributed by atoms with van der Waals surface area (Å²) in [7, 11) is 1.56. The zero-order valence-electron chi connectivity index (χ0n) is 13.3. The first-order chi connectivity index (χ1) is 11.7. The number of rotatable bonds is 5. The van der Waals surface area contributed by atoms with E-state index in [9.17, 15) is 4.79 Å². The van der Waals surface area contributed by atoms with Crippen LogP contribution in [0.4, 0.5) is 5.69 Å². The van der Waals surface area contributed by atoms with Gasteiger partial charge in [-0.05, 0) is 42.0 Å². The molecule has 0 radical (unpaired) electrons. The number of carbonyl (C=O) groups is 1. The predicted octanol–water partition coefficient (Wildman–Crippen LogP) is 1.69. The van der Waals surface area contributed by atoms with Crippen molar-refractivity contribution >= 4 is 11.6 Å². The summed E-state index contributed by atoms with van der Waals surface area (Å²) in [6.45, 7) is 1.89. The number of benzene rings is 1. The summed E-state index contributed by atoms with van der Waals surface area (Å²) in [5, 5.41) is 14.8. The molecule has 3 rings (SSSR count). The minimum atomic E-state index is -0.266. The summed E-state index contributed by atoms with van der Waals surface area (Å²) >= 11 is 0. The molecule has 0 atom stereocenters. The van der Waals surface area contributed by atoms with Gasteiger partial charge in [-0.3, -0.25) is 9.78 Å². The summed E-state index contributed by atoms with van der Waals surface area (Å²) in [5.74, 6) is 0.772. The number of methoxy groups -OCH3 is 1. The molecule has 1 aromatic carbocycles. The predicted molar refractivity (Wildman–Crippen MR) is 87.4 cm³/mol. The molecule has 122 valence electrons. The van der Waals surface area contributed by atoms with Gasteiger partial charge in [-0.25, -0.2) is 0 Å². The van der Waals surface area contributed by atoms with E-state index in [0.29, 0.717) is 17.3 Å². The third-order valence-corrected chi connectivity index (χ3v) is 3.31. The van der Waals surface area contributed by atoms with E-state index in [-0.39, 0.29) is 12.5 Å². The zero-order chi connectivity index (χ0) is 16.9. The SMILES string of the molecule is COc1ccc(C)cc1NC(=O)Cn1nnc(-c2ccncc2)n1. The van der Waals surface area contributed by atoms with Crippen LogP contribution in [0.3, 0.4) is 0 Å². The van der Waals surface area contributed by atoms with Gasteiger partial charge in [-0.1, -0.05) is 6.07 Å². The number of aryl methyl sites for hydroxylation is 1. The number of hydrogen-bond donors (Lipinski definition) is 1. The molecule has 0 fully saturated rings. The monoisotopic (exact) mass is 324 g/mol. The second kappa shape index (κ2) is 6.86. The van der Waals surface area contributed by atoms with E-state index >= 15 is 0 Å². The van der Waals surface area contributed by atoms with Gasteiger partial charge in [0.15, 0.2) is 0 Å². The Morgan fingerprint density at radius 3 is 2.79 bits per heavy atom. The van der Waals surface area contributed by atoms with Gasteiger partial charge in [0.1, 0.15) is 12.3 Å². The van der Waals surface area contributed by atoms with Crippen LogP contribution in [0, 0.1) is 6.92 Å². The standard InChI is InChI=1S/C16H16N6O2/c1-11-3-4-14(24-2)13(9-11)18-15(23)10-22-20-16(19-21-22)12-5-7-17-8-6-12/h3-9H,10H2,1-2H3,(H,18,23). The Hall–Kier alpha value is -3.29. The van der Waals surface area contributed by atoms with E-state index in [1.165, 1.54) is 4.80 Å². The number of amides is 1. The fraction of sp³-hybridized carbons (Fsp3) is 0.188. The van der Waals surface area contributed by atoms with E-state index in [1.54, 1.807) is 37.7 Å². The number of nitrogens with zero attached hydrogens (tertiary/aromatic N) is 5. The number of nitrogens with one attached hydrogen (secondary N) is 1. The molecule has 0 saturated carbocycles. The quantitative estimate of drug-likeness (QED) is 0.767.